The van der Waals surface area contributed by atoms with Crippen LogP contribution < -0.4 is 21.1 Å². The smallest absolute Gasteiger partial charge is 0.257 e. The number of nitrogens with two attached hydrogens (primary N) is 1. The number of hydrogen-bond donors (Lipinski definition) is 3. The highest BCUT2D eigenvalue weighted by Gasteiger charge is 2.27. The number of amides is 2. The number of carbonyl (C=O) groups excluding carboxylic acids is 2. The summed E-state index contributed by atoms with van der Waals surface area (Å²) in [6.45, 7) is 4.59. The maximum atomic E-state index is 12.5. The molecule has 1 aromatic carbocycles. The van der Waals surface area contributed by atoms with Gasteiger partial charge >= 0.3 is 0 Å². The van der Waals surface area contributed by atoms with Gasteiger partial charge in [0.2, 0.25) is 0 Å². The second-order valence-corrected chi connectivity index (χ2v) is 8.30. The van der Waals surface area contributed by atoms with E-state index in [4.69, 9.17) is 22.7 Å². The first-order chi connectivity index (χ1) is 13.4. The molecule has 0 spiro atoms. The molecule has 0 bridgehead atoms. The molecule has 1 aliphatic carbocycles. The van der Waals surface area contributed by atoms with Gasteiger partial charge < -0.3 is 15.8 Å². The molecule has 8 heteroatoms. The molecule has 28 heavy (non-hydrogen) atoms. The Labute approximate surface area is 173 Å². The van der Waals surface area contributed by atoms with Crippen molar-refractivity contribution in [3.05, 3.63) is 45.8 Å². The molecule has 2 amide bonds. The average Bonchev–Trinajstić information content (AvgIpc) is 2.98. The molecule has 4 N–H and O–H groups in total. The van der Waals surface area contributed by atoms with E-state index in [2.05, 4.69) is 17.6 Å². The Kier molecular flexibility index (Phi) is 6.31. The Balaban J connectivity index is 1.74. The van der Waals surface area contributed by atoms with Gasteiger partial charge in [0.25, 0.3) is 11.8 Å². The third kappa shape index (κ3) is 4.51. The molecular weight excluding hydrogens is 394 g/mol. The fourth-order valence-corrected chi connectivity index (χ4v) is 4.98. The number of nitrogens with one attached hydrogen (secondary N) is 2. The van der Waals surface area contributed by atoms with Gasteiger partial charge in [0.1, 0.15) is 10.8 Å². The second-order valence-electron chi connectivity index (χ2n) is 6.79. The van der Waals surface area contributed by atoms with Gasteiger partial charge in [-0.05, 0) is 68.1 Å². The van der Waals surface area contributed by atoms with Crippen molar-refractivity contribution in [2.24, 2.45) is 11.7 Å². The number of rotatable bonds is 5. The van der Waals surface area contributed by atoms with Crippen molar-refractivity contribution in [3.63, 3.8) is 0 Å². The summed E-state index contributed by atoms with van der Waals surface area (Å²) in [5.74, 6) is 0.358. The molecule has 0 fully saturated rings. The van der Waals surface area contributed by atoms with Crippen LogP contribution in [0.2, 0.25) is 0 Å². The van der Waals surface area contributed by atoms with Crippen LogP contribution in [0.5, 0.6) is 5.75 Å². The van der Waals surface area contributed by atoms with E-state index in [0.717, 1.165) is 29.7 Å². The number of primary amides is 1. The van der Waals surface area contributed by atoms with Crippen LogP contribution in [0.4, 0.5) is 5.00 Å². The van der Waals surface area contributed by atoms with Crippen molar-refractivity contribution >= 4 is 45.5 Å². The summed E-state index contributed by atoms with van der Waals surface area (Å²) in [5.41, 5.74) is 7.55. The first kappa shape index (κ1) is 20.3. The van der Waals surface area contributed by atoms with Gasteiger partial charge in [0.15, 0.2) is 5.11 Å². The van der Waals surface area contributed by atoms with Crippen molar-refractivity contribution in [2.75, 3.05) is 11.9 Å². The first-order valence-corrected chi connectivity index (χ1v) is 10.4. The van der Waals surface area contributed by atoms with E-state index in [9.17, 15) is 9.59 Å². The van der Waals surface area contributed by atoms with Crippen LogP contribution in [0, 0.1) is 5.92 Å². The molecule has 0 saturated carbocycles. The summed E-state index contributed by atoms with van der Waals surface area (Å²) in [6, 6.07) is 6.87. The molecule has 1 atom stereocenters. The van der Waals surface area contributed by atoms with E-state index in [1.165, 1.54) is 11.3 Å². The van der Waals surface area contributed by atoms with Gasteiger partial charge in [0, 0.05) is 10.4 Å². The lowest BCUT2D eigenvalue weighted by Gasteiger charge is -2.18. The fraction of sp³-hybridized carbons (Fsp3) is 0.350. The van der Waals surface area contributed by atoms with E-state index in [1.54, 1.807) is 24.3 Å². The summed E-state index contributed by atoms with van der Waals surface area (Å²) in [4.78, 5) is 25.6. The maximum Gasteiger partial charge on any atom is 0.257 e. The number of anilines is 1. The lowest BCUT2D eigenvalue weighted by Crippen LogP contribution is -2.34. The number of carbonyl (C=O) groups is 2. The molecule has 2 aromatic rings. The average molecular weight is 418 g/mol. The molecular formula is C20H23N3O3S2. The quantitative estimate of drug-likeness (QED) is 0.648. The lowest BCUT2D eigenvalue weighted by molar-refractivity contribution is 0.0975. The summed E-state index contributed by atoms with van der Waals surface area (Å²) in [7, 11) is 0. The molecule has 0 saturated heterocycles. The molecule has 0 unspecified atom stereocenters. The summed E-state index contributed by atoms with van der Waals surface area (Å²) in [6.07, 6.45) is 2.78. The predicted molar refractivity (Wildman–Crippen MR) is 115 cm³/mol. The van der Waals surface area contributed by atoms with E-state index >= 15 is 0 Å². The zero-order chi connectivity index (χ0) is 20.3. The Morgan fingerprint density at radius 1 is 1.39 bits per heavy atom. The van der Waals surface area contributed by atoms with E-state index < -0.39 is 5.91 Å². The van der Waals surface area contributed by atoms with E-state index in [0.29, 0.717) is 34.4 Å². The minimum atomic E-state index is -0.479. The first-order valence-electron chi connectivity index (χ1n) is 9.18. The number of thiophene rings is 1. The van der Waals surface area contributed by atoms with Gasteiger partial charge in [-0.25, -0.2) is 0 Å². The van der Waals surface area contributed by atoms with Crippen molar-refractivity contribution in [3.8, 4) is 5.75 Å². The summed E-state index contributed by atoms with van der Waals surface area (Å²) in [5, 5.41) is 6.36. The minimum Gasteiger partial charge on any atom is -0.494 e. The van der Waals surface area contributed by atoms with Gasteiger partial charge in [0.05, 0.1) is 12.2 Å². The van der Waals surface area contributed by atoms with Gasteiger partial charge in [-0.15, -0.1) is 11.3 Å². The standard InChI is InChI=1S/C20H23N3O3S2/c1-3-26-13-6-4-5-12(10-13)18(25)22-20(27)23-19-16(17(21)24)14-8-7-11(2)9-15(14)28-19/h4-6,10-11H,3,7-9H2,1-2H3,(H2,21,24)(H2,22,23,25,27)/t11-/m0/s1. The topological polar surface area (TPSA) is 93.4 Å². The summed E-state index contributed by atoms with van der Waals surface area (Å²) >= 11 is 6.77. The van der Waals surface area contributed by atoms with Crippen LogP contribution in [-0.4, -0.2) is 23.5 Å². The van der Waals surface area contributed by atoms with Crippen molar-refractivity contribution < 1.29 is 14.3 Å². The second kappa shape index (κ2) is 8.70. The molecule has 3 rings (SSSR count). The SMILES string of the molecule is CCOc1cccc(C(=O)NC(=S)Nc2sc3c(c2C(N)=O)CC[C@H](C)C3)c1. The number of ether oxygens (including phenoxy) is 1. The highest BCUT2D eigenvalue weighted by molar-refractivity contribution is 7.80. The van der Waals surface area contributed by atoms with E-state index in [-0.39, 0.29) is 11.0 Å². The van der Waals surface area contributed by atoms with Gasteiger partial charge in [-0.3, -0.25) is 14.9 Å². The van der Waals surface area contributed by atoms with Crippen LogP contribution >= 0.6 is 23.6 Å². The lowest BCUT2D eigenvalue weighted by atomic mass is 9.88. The van der Waals surface area contributed by atoms with Crippen molar-refractivity contribution in [1.82, 2.24) is 5.32 Å². The number of hydrogen-bond acceptors (Lipinski definition) is 5. The number of thiocarbonyl (C=S) groups is 1. The van der Waals surface area contributed by atoms with Crippen LogP contribution in [0.15, 0.2) is 24.3 Å². The third-order valence-corrected chi connectivity index (χ3v) is 5.99. The Morgan fingerprint density at radius 3 is 2.89 bits per heavy atom. The zero-order valence-electron chi connectivity index (χ0n) is 15.8. The molecule has 1 aliphatic rings. The Morgan fingerprint density at radius 2 is 2.18 bits per heavy atom. The normalized spacial score (nSPS) is 15.4. The van der Waals surface area contributed by atoms with Crippen molar-refractivity contribution in [1.29, 1.82) is 0 Å². The molecule has 148 valence electrons. The van der Waals surface area contributed by atoms with Gasteiger partial charge in [-0.1, -0.05) is 13.0 Å². The predicted octanol–water partition coefficient (Wildman–Crippen LogP) is 3.50. The maximum absolute atomic E-state index is 12.5. The minimum absolute atomic E-state index is 0.126. The fourth-order valence-electron chi connectivity index (χ4n) is 3.30. The van der Waals surface area contributed by atoms with Crippen LogP contribution in [0.3, 0.4) is 0 Å². The molecule has 1 heterocycles. The third-order valence-electron chi connectivity index (χ3n) is 4.62. The molecule has 0 aliphatic heterocycles. The van der Waals surface area contributed by atoms with E-state index in [1.807, 2.05) is 6.92 Å². The van der Waals surface area contributed by atoms with Crippen LogP contribution in [0.1, 0.15) is 51.4 Å². The largest absolute Gasteiger partial charge is 0.494 e. The van der Waals surface area contributed by atoms with Crippen molar-refractivity contribution in [2.45, 2.75) is 33.1 Å². The van der Waals surface area contributed by atoms with Crippen LogP contribution in [-0.2, 0) is 12.8 Å². The highest BCUT2D eigenvalue weighted by atomic mass is 32.1. The number of fused-ring (bicyclic) bond motifs is 1. The highest BCUT2D eigenvalue weighted by Crippen LogP contribution is 2.39. The zero-order valence-corrected chi connectivity index (χ0v) is 17.5. The molecule has 1 aromatic heterocycles. The monoisotopic (exact) mass is 417 g/mol. The molecule has 0 radical (unpaired) electrons. The molecule has 6 nitrogen and oxygen atoms in total. The Hall–Kier alpha value is -2.45. The van der Waals surface area contributed by atoms with Gasteiger partial charge in [-0.2, -0.15) is 0 Å². The Bertz CT molecular complexity index is 923. The summed E-state index contributed by atoms with van der Waals surface area (Å²) < 4.78 is 5.42. The number of benzene rings is 1. The van der Waals surface area contributed by atoms with Crippen LogP contribution in [0.25, 0.3) is 0 Å².